The van der Waals surface area contributed by atoms with E-state index in [-0.39, 0.29) is 16.1 Å². The van der Waals surface area contributed by atoms with Crippen molar-refractivity contribution in [2.75, 3.05) is 11.3 Å². The van der Waals surface area contributed by atoms with E-state index in [4.69, 9.17) is 4.74 Å². The molecule has 0 unspecified atom stereocenters. The van der Waals surface area contributed by atoms with Crippen molar-refractivity contribution < 1.29 is 31.9 Å². The fraction of sp³-hybridized carbons (Fsp3) is 0.250. The predicted octanol–water partition coefficient (Wildman–Crippen LogP) is 2.41. The highest BCUT2D eigenvalue weighted by Crippen LogP contribution is 2.18. The molecule has 2 aromatic rings. The van der Waals surface area contributed by atoms with Gasteiger partial charge in [0.2, 0.25) is 0 Å². The van der Waals surface area contributed by atoms with Gasteiger partial charge in [-0.25, -0.2) is 22.4 Å². The quantitative estimate of drug-likeness (QED) is 0.578. The van der Waals surface area contributed by atoms with Crippen LogP contribution in [-0.4, -0.2) is 38.5 Å². The molecule has 0 radical (unpaired) electrons. The van der Waals surface area contributed by atoms with E-state index >= 15 is 0 Å². The Labute approximate surface area is 179 Å². The fourth-order valence-electron chi connectivity index (χ4n) is 2.27. The Hall–Kier alpha value is -3.47. The van der Waals surface area contributed by atoms with Crippen LogP contribution in [0, 0.1) is 5.82 Å². The number of carbonyl (C=O) groups excluding carboxylic acids is 3. The number of amides is 3. The lowest BCUT2D eigenvalue weighted by molar-refractivity contribution is -0.123. The van der Waals surface area contributed by atoms with Gasteiger partial charge in [0.15, 0.2) is 6.61 Å². The minimum atomic E-state index is -4.06. The van der Waals surface area contributed by atoms with E-state index in [0.717, 1.165) is 18.2 Å². The summed E-state index contributed by atoms with van der Waals surface area (Å²) in [5, 5.41) is 4.52. The maximum absolute atomic E-state index is 13.0. The highest BCUT2D eigenvalue weighted by atomic mass is 32.2. The second-order valence-corrected chi connectivity index (χ2v) is 9.15. The van der Waals surface area contributed by atoms with E-state index < -0.39 is 45.9 Å². The van der Waals surface area contributed by atoms with Crippen molar-refractivity contribution in [2.45, 2.75) is 31.2 Å². The van der Waals surface area contributed by atoms with E-state index in [9.17, 15) is 27.2 Å². The molecule has 0 aliphatic rings. The summed E-state index contributed by atoms with van der Waals surface area (Å²) in [6.45, 7) is 4.44. The maximum Gasteiger partial charge on any atom is 0.338 e. The molecule has 0 aliphatic carbocycles. The van der Waals surface area contributed by atoms with Crippen molar-refractivity contribution in [3.63, 3.8) is 0 Å². The van der Waals surface area contributed by atoms with Crippen LogP contribution in [0.2, 0.25) is 0 Å². The maximum atomic E-state index is 13.0. The first-order valence-electron chi connectivity index (χ1n) is 9.03. The van der Waals surface area contributed by atoms with Crippen molar-refractivity contribution in [1.29, 1.82) is 0 Å². The molecular formula is C20H22FN3O6S. The number of rotatable bonds is 6. The Morgan fingerprint density at radius 1 is 1.03 bits per heavy atom. The molecule has 0 saturated heterocycles. The van der Waals surface area contributed by atoms with Crippen molar-refractivity contribution in [3.8, 4) is 0 Å². The number of hydrogen-bond acceptors (Lipinski definition) is 6. The molecule has 2 aromatic carbocycles. The van der Waals surface area contributed by atoms with Crippen molar-refractivity contribution in [3.05, 3.63) is 59.9 Å². The molecule has 9 nitrogen and oxygen atoms in total. The summed E-state index contributed by atoms with van der Waals surface area (Å²) >= 11 is 0. The van der Waals surface area contributed by atoms with Gasteiger partial charge < -0.3 is 10.1 Å². The minimum absolute atomic E-state index is 0.117. The number of urea groups is 1. The van der Waals surface area contributed by atoms with E-state index in [1.165, 1.54) is 30.3 Å². The lowest BCUT2D eigenvalue weighted by Gasteiger charge is -2.20. The van der Waals surface area contributed by atoms with Gasteiger partial charge in [0.05, 0.1) is 10.5 Å². The third-order valence-corrected chi connectivity index (χ3v) is 4.93. The molecule has 0 atom stereocenters. The predicted molar refractivity (Wildman–Crippen MR) is 110 cm³/mol. The number of halogens is 1. The van der Waals surface area contributed by atoms with Crippen molar-refractivity contribution in [2.24, 2.45) is 0 Å². The number of hydrogen-bond donors (Lipinski definition) is 3. The molecule has 0 saturated carbocycles. The number of anilines is 1. The van der Waals surface area contributed by atoms with Gasteiger partial charge in [-0.05, 0) is 63.2 Å². The zero-order valence-corrected chi connectivity index (χ0v) is 17.9. The van der Waals surface area contributed by atoms with Crippen LogP contribution in [0.1, 0.15) is 31.1 Å². The molecule has 31 heavy (non-hydrogen) atoms. The molecule has 0 aromatic heterocycles. The summed E-state index contributed by atoms with van der Waals surface area (Å²) in [4.78, 5) is 35.3. The standard InChI is InChI=1S/C20H22FN3O6S/c1-20(2,3)23-19(27)22-17(25)12-30-18(26)13-5-4-6-16(11-13)31(28,29)24-15-9-7-14(21)8-10-15/h4-11,24H,12H2,1-3H3,(H2,22,23,25,27). The first-order valence-corrected chi connectivity index (χ1v) is 10.5. The molecule has 0 heterocycles. The van der Waals surface area contributed by atoms with Crippen molar-refractivity contribution in [1.82, 2.24) is 10.6 Å². The highest BCUT2D eigenvalue weighted by Gasteiger charge is 2.19. The summed E-state index contributed by atoms with van der Waals surface area (Å²) in [7, 11) is -4.06. The Kier molecular flexibility index (Phi) is 7.34. The van der Waals surface area contributed by atoms with E-state index in [2.05, 4.69) is 10.0 Å². The van der Waals surface area contributed by atoms with E-state index in [0.29, 0.717) is 0 Å². The van der Waals surface area contributed by atoms with E-state index in [1.807, 2.05) is 5.32 Å². The summed E-state index contributed by atoms with van der Waals surface area (Å²) < 4.78 is 45.1. The number of benzene rings is 2. The molecule has 0 aliphatic heterocycles. The summed E-state index contributed by atoms with van der Waals surface area (Å²) in [5.41, 5.74) is -0.539. The smallest absolute Gasteiger partial charge is 0.338 e. The molecule has 0 fully saturated rings. The molecule has 0 spiro atoms. The minimum Gasteiger partial charge on any atom is -0.452 e. The summed E-state index contributed by atoms with van der Waals surface area (Å²) in [5.74, 6) is -2.32. The zero-order valence-electron chi connectivity index (χ0n) is 17.1. The van der Waals surface area contributed by atoms with Crippen LogP contribution < -0.4 is 15.4 Å². The van der Waals surface area contributed by atoms with Crippen LogP contribution in [0.4, 0.5) is 14.9 Å². The van der Waals surface area contributed by atoms with Crippen LogP contribution in [0.25, 0.3) is 0 Å². The number of ether oxygens (including phenoxy) is 1. The van der Waals surface area contributed by atoms with Crippen LogP contribution >= 0.6 is 0 Å². The Bertz CT molecular complexity index is 1080. The Morgan fingerprint density at radius 3 is 2.29 bits per heavy atom. The average Bonchev–Trinajstić information content (AvgIpc) is 2.66. The highest BCUT2D eigenvalue weighted by molar-refractivity contribution is 7.92. The molecule has 3 N–H and O–H groups in total. The normalized spacial score (nSPS) is 11.4. The van der Waals surface area contributed by atoms with Gasteiger partial charge in [-0.15, -0.1) is 0 Å². The lowest BCUT2D eigenvalue weighted by atomic mass is 10.1. The number of sulfonamides is 1. The second kappa shape index (κ2) is 9.56. The molecule has 166 valence electrons. The van der Waals surface area contributed by atoms with Gasteiger partial charge in [0.1, 0.15) is 5.82 Å². The third-order valence-electron chi connectivity index (χ3n) is 3.55. The third kappa shape index (κ3) is 7.70. The molecule has 3 amide bonds. The van der Waals surface area contributed by atoms with Gasteiger partial charge in [-0.2, -0.15) is 0 Å². The Morgan fingerprint density at radius 2 is 1.68 bits per heavy atom. The van der Waals surface area contributed by atoms with Gasteiger partial charge in [0.25, 0.3) is 15.9 Å². The molecule has 11 heteroatoms. The first-order chi connectivity index (χ1) is 14.4. The summed E-state index contributed by atoms with van der Waals surface area (Å²) in [6, 6.07) is 8.91. The topological polar surface area (TPSA) is 131 Å². The van der Waals surface area contributed by atoms with Gasteiger partial charge >= 0.3 is 12.0 Å². The van der Waals surface area contributed by atoms with Gasteiger partial charge in [-0.3, -0.25) is 14.8 Å². The Balaban J connectivity index is 2.00. The number of carbonyl (C=O) groups is 3. The largest absolute Gasteiger partial charge is 0.452 e. The van der Waals surface area contributed by atoms with Crippen LogP contribution in [-0.2, 0) is 19.6 Å². The van der Waals surface area contributed by atoms with Crippen LogP contribution in [0.15, 0.2) is 53.4 Å². The average molecular weight is 451 g/mol. The van der Waals surface area contributed by atoms with Crippen molar-refractivity contribution >= 4 is 33.6 Å². The second-order valence-electron chi connectivity index (χ2n) is 7.47. The van der Waals surface area contributed by atoms with Gasteiger partial charge in [0, 0.05) is 11.2 Å². The SMILES string of the molecule is CC(C)(C)NC(=O)NC(=O)COC(=O)c1cccc(S(=O)(=O)Nc2ccc(F)cc2)c1. The molecule has 0 bridgehead atoms. The molecule has 2 rings (SSSR count). The fourth-order valence-corrected chi connectivity index (χ4v) is 3.38. The summed E-state index contributed by atoms with van der Waals surface area (Å²) in [6.07, 6.45) is 0. The zero-order chi connectivity index (χ0) is 23.2. The number of imide groups is 1. The van der Waals surface area contributed by atoms with Gasteiger partial charge in [-0.1, -0.05) is 6.07 Å². The van der Waals surface area contributed by atoms with E-state index in [1.54, 1.807) is 20.8 Å². The van der Waals surface area contributed by atoms with Crippen LogP contribution in [0.3, 0.4) is 0 Å². The number of esters is 1. The molecular weight excluding hydrogens is 429 g/mol. The lowest BCUT2D eigenvalue weighted by Crippen LogP contribution is -2.49. The van der Waals surface area contributed by atoms with Crippen LogP contribution in [0.5, 0.6) is 0 Å². The first kappa shape index (κ1) is 23.8. The monoisotopic (exact) mass is 451 g/mol. The number of nitrogens with one attached hydrogen (secondary N) is 3.